The number of benzene rings is 2. The van der Waals surface area contributed by atoms with Crippen molar-refractivity contribution in [1.82, 2.24) is 10.6 Å². The molecular weight excluding hydrogens is 466 g/mol. The van der Waals surface area contributed by atoms with Crippen molar-refractivity contribution in [1.29, 1.82) is 0 Å². The predicted octanol–water partition coefficient (Wildman–Crippen LogP) is 1.88. The van der Waals surface area contributed by atoms with Crippen molar-refractivity contribution in [2.75, 3.05) is 17.6 Å². The van der Waals surface area contributed by atoms with Gasteiger partial charge in [-0.05, 0) is 31.0 Å². The molecule has 0 aliphatic rings. The summed E-state index contributed by atoms with van der Waals surface area (Å²) in [6, 6.07) is 11.5. The fraction of sp³-hybridized carbons (Fsp3) is 0.318. The van der Waals surface area contributed by atoms with Crippen LogP contribution in [0.4, 0.5) is 10.5 Å². The number of carbonyl (C=O) groups excluding carboxylic acids is 3. The minimum Gasteiger partial charge on any atom is -0.508 e. The Morgan fingerprint density at radius 3 is 2.47 bits per heavy atom. The fourth-order valence-electron chi connectivity index (χ4n) is 2.64. The Bertz CT molecular complexity index is 1110. The monoisotopic (exact) mass is 493 g/mol. The average Bonchev–Trinajstić information content (AvgIpc) is 2.78. The first-order valence-electron chi connectivity index (χ1n) is 10.4. The fourth-order valence-corrected chi connectivity index (χ4v) is 3.63. The Balaban J connectivity index is 1.86. The van der Waals surface area contributed by atoms with E-state index in [4.69, 9.17) is 8.92 Å². The third kappa shape index (κ3) is 8.98. The van der Waals surface area contributed by atoms with E-state index in [0.29, 0.717) is 6.42 Å². The third-order valence-corrected chi connectivity index (χ3v) is 5.61. The molecular formula is C22H27N3O8S. The van der Waals surface area contributed by atoms with E-state index < -0.39 is 40.6 Å². The Morgan fingerprint density at radius 2 is 1.79 bits per heavy atom. The summed E-state index contributed by atoms with van der Waals surface area (Å²) in [4.78, 5) is 36.3. The topological polar surface area (TPSA) is 160 Å². The molecule has 2 aromatic carbocycles. The number of phenols is 1. The van der Waals surface area contributed by atoms with Crippen molar-refractivity contribution in [3.05, 3.63) is 54.1 Å². The van der Waals surface area contributed by atoms with Crippen molar-refractivity contribution in [3.8, 4) is 11.5 Å². The lowest BCUT2D eigenvalue weighted by atomic mass is 10.2. The lowest BCUT2D eigenvalue weighted by Gasteiger charge is -2.16. The number of anilines is 1. The first-order chi connectivity index (χ1) is 16.1. The van der Waals surface area contributed by atoms with Crippen molar-refractivity contribution < 1.29 is 36.8 Å². The second-order valence-electron chi connectivity index (χ2n) is 7.22. The molecule has 0 saturated carbocycles. The molecule has 0 aliphatic heterocycles. The van der Waals surface area contributed by atoms with Crippen LogP contribution in [0.3, 0.4) is 0 Å². The second-order valence-corrected chi connectivity index (χ2v) is 8.91. The van der Waals surface area contributed by atoms with Gasteiger partial charge in [-0.15, -0.1) is 0 Å². The summed E-state index contributed by atoms with van der Waals surface area (Å²) in [6.45, 7) is 2.68. The number of hydrogen-bond acceptors (Lipinski definition) is 8. The van der Waals surface area contributed by atoms with E-state index in [1.165, 1.54) is 19.1 Å². The summed E-state index contributed by atoms with van der Waals surface area (Å²) in [7, 11) is -3.92. The zero-order valence-electron chi connectivity index (χ0n) is 18.7. The summed E-state index contributed by atoms with van der Waals surface area (Å²) in [6.07, 6.45) is -0.477. The first kappa shape index (κ1) is 26.5. The van der Waals surface area contributed by atoms with Gasteiger partial charge < -0.3 is 30.0 Å². The molecule has 2 rings (SSSR count). The lowest BCUT2D eigenvalue weighted by Crippen LogP contribution is -2.46. The minimum absolute atomic E-state index is 0.00816. The van der Waals surface area contributed by atoms with Gasteiger partial charge in [-0.2, -0.15) is 8.42 Å². The highest BCUT2D eigenvalue weighted by molar-refractivity contribution is 7.87. The van der Waals surface area contributed by atoms with E-state index in [0.717, 1.165) is 11.6 Å². The molecule has 0 bridgehead atoms. The normalized spacial score (nSPS) is 11.7. The highest BCUT2D eigenvalue weighted by Crippen LogP contribution is 2.30. The number of alkyl carbamates (subject to hydrolysis) is 1. The highest BCUT2D eigenvalue weighted by Gasteiger charge is 2.20. The number of amides is 3. The van der Waals surface area contributed by atoms with Crippen LogP contribution in [0.2, 0.25) is 0 Å². The van der Waals surface area contributed by atoms with Crippen LogP contribution in [0.1, 0.15) is 25.8 Å². The summed E-state index contributed by atoms with van der Waals surface area (Å²) < 4.78 is 33.9. The van der Waals surface area contributed by atoms with Gasteiger partial charge in [0.1, 0.15) is 24.9 Å². The van der Waals surface area contributed by atoms with Crippen LogP contribution in [-0.4, -0.2) is 49.8 Å². The zero-order chi connectivity index (χ0) is 25.1. The second kappa shape index (κ2) is 12.4. The third-order valence-electron chi connectivity index (χ3n) is 4.27. The molecule has 34 heavy (non-hydrogen) atoms. The van der Waals surface area contributed by atoms with Crippen LogP contribution in [0.5, 0.6) is 11.5 Å². The molecule has 3 amide bonds. The molecule has 1 atom stereocenters. The summed E-state index contributed by atoms with van der Waals surface area (Å²) in [5.41, 5.74) is 0.777. The Kier molecular flexibility index (Phi) is 9.68. The summed E-state index contributed by atoms with van der Waals surface area (Å²) in [5.74, 6) is -2.09. The quantitative estimate of drug-likeness (QED) is 0.273. The van der Waals surface area contributed by atoms with E-state index in [9.17, 15) is 27.9 Å². The Labute approximate surface area is 197 Å². The number of carbonyl (C=O) groups is 3. The van der Waals surface area contributed by atoms with Gasteiger partial charge in [-0.25, -0.2) is 4.79 Å². The van der Waals surface area contributed by atoms with Gasteiger partial charge in [0, 0.05) is 6.07 Å². The highest BCUT2D eigenvalue weighted by atomic mass is 32.2. The molecule has 11 nitrogen and oxygen atoms in total. The number of hydrogen-bond donors (Lipinski definition) is 4. The summed E-state index contributed by atoms with van der Waals surface area (Å²) >= 11 is 0. The molecule has 0 aliphatic carbocycles. The Hall–Kier alpha value is -3.80. The van der Waals surface area contributed by atoms with Crippen LogP contribution < -0.4 is 20.1 Å². The molecule has 12 heteroatoms. The van der Waals surface area contributed by atoms with E-state index >= 15 is 0 Å². The van der Waals surface area contributed by atoms with Crippen LogP contribution in [0.15, 0.2) is 48.5 Å². The maximum absolute atomic E-state index is 12.5. The van der Waals surface area contributed by atoms with Gasteiger partial charge in [0.25, 0.3) is 0 Å². The van der Waals surface area contributed by atoms with E-state index in [-0.39, 0.29) is 29.5 Å². The molecule has 4 N–H and O–H groups in total. The van der Waals surface area contributed by atoms with Crippen molar-refractivity contribution in [2.24, 2.45) is 0 Å². The maximum atomic E-state index is 12.5. The predicted molar refractivity (Wildman–Crippen MR) is 124 cm³/mol. The number of nitrogens with one attached hydrogen (secondary N) is 3. The molecule has 0 unspecified atom stereocenters. The maximum Gasteiger partial charge on any atom is 0.407 e. The lowest BCUT2D eigenvalue weighted by molar-refractivity contribution is -0.125. The molecule has 2 aromatic rings. The van der Waals surface area contributed by atoms with Crippen LogP contribution >= 0.6 is 0 Å². The molecule has 0 heterocycles. The van der Waals surface area contributed by atoms with Crippen molar-refractivity contribution in [2.45, 2.75) is 32.9 Å². The largest absolute Gasteiger partial charge is 0.508 e. The van der Waals surface area contributed by atoms with Crippen molar-refractivity contribution in [3.63, 3.8) is 0 Å². The van der Waals surface area contributed by atoms with Gasteiger partial charge >= 0.3 is 16.2 Å². The van der Waals surface area contributed by atoms with E-state index in [1.54, 1.807) is 31.2 Å². The zero-order valence-corrected chi connectivity index (χ0v) is 19.6. The van der Waals surface area contributed by atoms with Crippen molar-refractivity contribution >= 4 is 33.7 Å². The van der Waals surface area contributed by atoms with Crippen LogP contribution in [-0.2, 0) is 31.1 Å². The number of aromatic hydroxyl groups is 1. The molecule has 0 spiro atoms. The number of rotatable bonds is 11. The molecule has 0 aromatic heterocycles. The number of phenolic OH excluding ortho intramolecular Hbond substituents is 1. The van der Waals surface area contributed by atoms with Gasteiger partial charge in [-0.3, -0.25) is 9.59 Å². The molecule has 0 radical (unpaired) electrons. The van der Waals surface area contributed by atoms with Gasteiger partial charge in [0.2, 0.25) is 11.8 Å². The average molecular weight is 494 g/mol. The SMILES string of the molecule is CCCS(=O)(=O)Oc1cc(O)ccc1NC(=O)[C@H](C)NC(=O)CNC(=O)OCc1ccccc1. The van der Waals surface area contributed by atoms with E-state index in [2.05, 4.69) is 16.0 Å². The molecule has 0 saturated heterocycles. The van der Waals surface area contributed by atoms with Crippen LogP contribution in [0.25, 0.3) is 0 Å². The summed E-state index contributed by atoms with van der Waals surface area (Å²) in [5, 5.41) is 16.8. The smallest absolute Gasteiger partial charge is 0.407 e. The van der Waals surface area contributed by atoms with Gasteiger partial charge in [0.15, 0.2) is 5.75 Å². The molecule has 184 valence electrons. The molecule has 0 fully saturated rings. The number of ether oxygens (including phenoxy) is 1. The van der Waals surface area contributed by atoms with Gasteiger partial charge in [0.05, 0.1) is 11.4 Å². The van der Waals surface area contributed by atoms with E-state index in [1.807, 2.05) is 6.07 Å². The minimum atomic E-state index is -3.92. The standard InChI is InChI=1S/C22H27N3O8S/c1-3-11-34(30,31)33-19-12-17(26)9-10-18(19)25-21(28)15(2)24-20(27)13-23-22(29)32-14-16-7-5-4-6-8-16/h4-10,12,15,26H,3,11,13-14H2,1-2H3,(H,23,29)(H,24,27)(H,25,28)/t15-/m0/s1. The Morgan fingerprint density at radius 1 is 1.09 bits per heavy atom. The van der Waals surface area contributed by atoms with Gasteiger partial charge in [-0.1, -0.05) is 37.3 Å². The van der Waals surface area contributed by atoms with Crippen LogP contribution in [0, 0.1) is 0 Å². The first-order valence-corrected chi connectivity index (χ1v) is 12.0.